The van der Waals surface area contributed by atoms with E-state index in [-0.39, 0.29) is 0 Å². The van der Waals surface area contributed by atoms with Gasteiger partial charge in [-0.3, -0.25) is 0 Å². The van der Waals surface area contributed by atoms with Crippen molar-refractivity contribution in [3.05, 3.63) is 12.7 Å². The number of carboxylic acid groups (broad SMARTS) is 1. The normalized spacial score (nSPS) is 10.4. The molecule has 0 saturated heterocycles. The van der Waals surface area contributed by atoms with Gasteiger partial charge in [0.25, 0.3) is 0 Å². The number of unbranched alkanes of at least 4 members (excludes halogenated alkanes) is 15. The second-order valence-electron chi connectivity index (χ2n) is 8.83. The molecule has 0 amide bonds. The van der Waals surface area contributed by atoms with E-state index in [0.29, 0.717) is 0 Å². The van der Waals surface area contributed by atoms with Gasteiger partial charge in [-0.2, -0.15) is 0 Å². The zero-order chi connectivity index (χ0) is 22.7. The quantitative estimate of drug-likeness (QED) is 0.0802. The SMILES string of the molecule is C=CC(=O)[O-].CCCCCCC[CH2][Sn+]([CH2]CCCCCCC)[CH2]CCCCCCC. The number of carbonyl (C=O) groups excluding carboxylic acids is 1. The van der Waals surface area contributed by atoms with E-state index in [0.717, 1.165) is 6.08 Å². The summed E-state index contributed by atoms with van der Waals surface area (Å²) in [5.41, 5.74) is 0. The second kappa shape index (κ2) is 29.0. The minimum absolute atomic E-state index is 0.722. The molecular formula is C27H54O2Sn. The van der Waals surface area contributed by atoms with E-state index in [1.54, 1.807) is 32.6 Å². The van der Waals surface area contributed by atoms with Crippen LogP contribution in [0.4, 0.5) is 0 Å². The molecule has 3 heteroatoms. The second-order valence-corrected chi connectivity index (χ2v) is 17.4. The molecule has 0 atom stereocenters. The zero-order valence-corrected chi connectivity index (χ0v) is 23.8. The Morgan fingerprint density at radius 2 is 0.833 bits per heavy atom. The number of hydrogen-bond acceptors (Lipinski definition) is 2. The average molecular weight is 529 g/mol. The van der Waals surface area contributed by atoms with Crippen LogP contribution in [0.3, 0.4) is 0 Å². The van der Waals surface area contributed by atoms with E-state index < -0.39 is 25.7 Å². The van der Waals surface area contributed by atoms with Crippen molar-refractivity contribution >= 4 is 25.7 Å². The van der Waals surface area contributed by atoms with Gasteiger partial charge in [0.1, 0.15) is 0 Å². The molecule has 0 radical (unpaired) electrons. The molecule has 0 aromatic heterocycles. The Morgan fingerprint density at radius 3 is 1.07 bits per heavy atom. The fourth-order valence-corrected chi connectivity index (χ4v) is 12.4. The number of aliphatic carboxylic acids is 1. The van der Waals surface area contributed by atoms with Crippen molar-refractivity contribution in [3.8, 4) is 0 Å². The van der Waals surface area contributed by atoms with E-state index in [1.165, 1.54) is 96.3 Å². The van der Waals surface area contributed by atoms with Crippen molar-refractivity contribution in [2.24, 2.45) is 0 Å². The summed E-state index contributed by atoms with van der Waals surface area (Å²) >= 11 is -1.02. The van der Waals surface area contributed by atoms with E-state index in [4.69, 9.17) is 9.90 Å². The topological polar surface area (TPSA) is 40.1 Å². The van der Waals surface area contributed by atoms with Gasteiger partial charge in [0.05, 0.1) is 5.97 Å². The van der Waals surface area contributed by atoms with Crippen LogP contribution < -0.4 is 5.11 Å². The van der Waals surface area contributed by atoms with E-state index in [9.17, 15) is 0 Å². The van der Waals surface area contributed by atoms with Crippen LogP contribution in [0, 0.1) is 0 Å². The monoisotopic (exact) mass is 530 g/mol. The maximum absolute atomic E-state index is 9.14. The van der Waals surface area contributed by atoms with Crippen molar-refractivity contribution in [1.82, 2.24) is 0 Å². The molecule has 0 N–H and O–H groups in total. The summed E-state index contributed by atoms with van der Waals surface area (Å²) in [6.45, 7) is 9.88. The zero-order valence-electron chi connectivity index (χ0n) is 21.0. The fourth-order valence-electron chi connectivity index (χ4n) is 3.84. The van der Waals surface area contributed by atoms with Gasteiger partial charge in [-0.05, 0) is 6.08 Å². The minimum atomic E-state index is -1.23. The summed E-state index contributed by atoms with van der Waals surface area (Å²) in [4.78, 5) is 9.14. The molecule has 2 nitrogen and oxygen atoms in total. The Balaban J connectivity index is 0. The number of rotatable bonds is 22. The molecule has 0 fully saturated rings. The molecule has 0 heterocycles. The molecule has 0 aliphatic carbocycles. The molecule has 0 aromatic rings. The van der Waals surface area contributed by atoms with Gasteiger partial charge in [-0.25, -0.2) is 0 Å². The van der Waals surface area contributed by atoms with Gasteiger partial charge >= 0.3 is 169 Å². The summed E-state index contributed by atoms with van der Waals surface area (Å²) in [6, 6.07) is 0. The van der Waals surface area contributed by atoms with E-state index >= 15 is 0 Å². The van der Waals surface area contributed by atoms with Crippen molar-refractivity contribution in [2.45, 2.75) is 150 Å². The number of hydrogen-bond donors (Lipinski definition) is 0. The molecule has 0 bridgehead atoms. The van der Waals surface area contributed by atoms with Gasteiger partial charge < -0.3 is 9.90 Å². The summed E-state index contributed by atoms with van der Waals surface area (Å²) in [6.07, 6.45) is 27.6. The van der Waals surface area contributed by atoms with Crippen LogP contribution in [0.5, 0.6) is 0 Å². The maximum atomic E-state index is 9.14. The molecule has 178 valence electrons. The predicted octanol–water partition coefficient (Wildman–Crippen LogP) is 8.49. The van der Waals surface area contributed by atoms with Crippen LogP contribution in [-0.4, -0.2) is 25.7 Å². The van der Waals surface area contributed by atoms with Gasteiger partial charge in [0.2, 0.25) is 0 Å². The summed E-state index contributed by atoms with van der Waals surface area (Å²) in [7, 11) is 0. The Morgan fingerprint density at radius 1 is 0.600 bits per heavy atom. The van der Waals surface area contributed by atoms with Crippen molar-refractivity contribution in [2.75, 3.05) is 0 Å². The van der Waals surface area contributed by atoms with Gasteiger partial charge in [-0.15, -0.1) is 0 Å². The Kier molecular flexibility index (Phi) is 31.1. The first-order valence-electron chi connectivity index (χ1n) is 13.3. The standard InChI is InChI=1S/3C8H17.C3H4O2.Sn/c3*1-3-5-7-8-6-4-2;1-2-3(4)5;/h3*1,3-8H2,2H3;2H,1H2,(H,4,5);/q;;;;+1/p-1. The Labute approximate surface area is 197 Å². The molecule has 0 rings (SSSR count). The number of carboxylic acids is 1. The first-order valence-corrected chi connectivity index (χ1v) is 19.3. The van der Waals surface area contributed by atoms with Crippen LogP contribution in [-0.2, 0) is 4.79 Å². The van der Waals surface area contributed by atoms with Crippen molar-refractivity contribution in [1.29, 1.82) is 0 Å². The third-order valence-corrected chi connectivity index (χ3v) is 14.9. The summed E-state index contributed by atoms with van der Waals surface area (Å²) < 4.78 is 5.16. The van der Waals surface area contributed by atoms with Crippen LogP contribution in [0.25, 0.3) is 0 Å². The first-order chi connectivity index (χ1) is 14.6. The molecule has 0 saturated carbocycles. The van der Waals surface area contributed by atoms with E-state index in [1.807, 2.05) is 0 Å². The Hall–Kier alpha value is 0.00870. The van der Waals surface area contributed by atoms with Crippen molar-refractivity contribution < 1.29 is 9.90 Å². The van der Waals surface area contributed by atoms with Gasteiger partial charge in [-0.1, -0.05) is 6.58 Å². The van der Waals surface area contributed by atoms with Crippen LogP contribution in [0.1, 0.15) is 136 Å². The molecule has 0 aliphatic rings. The third kappa shape index (κ3) is 30.2. The van der Waals surface area contributed by atoms with Crippen molar-refractivity contribution in [3.63, 3.8) is 0 Å². The predicted molar refractivity (Wildman–Crippen MR) is 136 cm³/mol. The molecule has 0 aliphatic heterocycles. The van der Waals surface area contributed by atoms with Gasteiger partial charge in [0.15, 0.2) is 0 Å². The average Bonchev–Trinajstić information content (AvgIpc) is 2.75. The molecule has 0 spiro atoms. The molecule has 0 aromatic carbocycles. The van der Waals surface area contributed by atoms with Crippen LogP contribution in [0.2, 0.25) is 13.3 Å². The Bertz CT molecular complexity index is 306. The van der Waals surface area contributed by atoms with Crippen LogP contribution in [0.15, 0.2) is 12.7 Å². The fraction of sp³-hybridized carbons (Fsp3) is 0.889. The molecule has 30 heavy (non-hydrogen) atoms. The third-order valence-electron chi connectivity index (χ3n) is 5.82. The first kappa shape index (κ1) is 32.2. The molecule has 0 unspecified atom stereocenters. The summed E-state index contributed by atoms with van der Waals surface area (Å²) in [5.74, 6) is -1.23. The molecular weight excluding hydrogens is 475 g/mol. The van der Waals surface area contributed by atoms with E-state index in [2.05, 4.69) is 27.4 Å². The summed E-state index contributed by atoms with van der Waals surface area (Å²) in [5, 5.41) is 9.14. The van der Waals surface area contributed by atoms with Gasteiger partial charge in [0, 0.05) is 0 Å². The van der Waals surface area contributed by atoms with Crippen LogP contribution >= 0.6 is 0 Å². The number of carbonyl (C=O) groups is 1.